The molecule has 2 atom stereocenters. The van der Waals surface area contributed by atoms with Gasteiger partial charge in [0.05, 0.1) is 0 Å². The second-order valence-corrected chi connectivity index (χ2v) is 10.8. The molecule has 0 aromatic rings. The van der Waals surface area contributed by atoms with Gasteiger partial charge in [-0.15, -0.1) is 0 Å². The predicted molar refractivity (Wildman–Crippen MR) is 151 cm³/mol. The second-order valence-electron chi connectivity index (χ2n) is 9.86. The Morgan fingerprint density at radius 1 is 0.865 bits per heavy atom. The van der Waals surface area contributed by atoms with E-state index in [1.165, 1.54) is 44.9 Å². The molecule has 1 aliphatic heterocycles. The van der Waals surface area contributed by atoms with Gasteiger partial charge in [-0.1, -0.05) is 78.1 Å². The van der Waals surface area contributed by atoms with Gasteiger partial charge < -0.3 is 20.4 Å². The largest absolute Gasteiger partial charge is 0.480 e. The fourth-order valence-electron chi connectivity index (χ4n) is 4.35. The summed E-state index contributed by atoms with van der Waals surface area (Å²) in [6.45, 7) is 4.97. The summed E-state index contributed by atoms with van der Waals surface area (Å²) >= 11 is 1.59. The number of likely N-dealkylation sites (tertiary alicyclic amines) is 1. The quantitative estimate of drug-likeness (QED) is 0.164. The van der Waals surface area contributed by atoms with Crippen molar-refractivity contribution < 1.29 is 29.4 Å². The third-order valence-electron chi connectivity index (χ3n) is 6.60. The number of hydrogen-bond acceptors (Lipinski definition) is 5. The first kappa shape index (κ1) is 35.2. The van der Waals surface area contributed by atoms with Gasteiger partial charge in [0.1, 0.15) is 12.1 Å². The number of nitrogens with one attached hydrogen (secondary N) is 1. The molecule has 0 radical (unpaired) electrons. The molecule has 0 aromatic carbocycles. The summed E-state index contributed by atoms with van der Waals surface area (Å²) in [5.41, 5.74) is 0. The minimum absolute atomic E-state index is 0.0235. The molecule has 3 N–H and O–H groups in total. The van der Waals surface area contributed by atoms with Gasteiger partial charge in [-0.3, -0.25) is 9.59 Å². The number of aliphatic carboxylic acids is 2. The smallest absolute Gasteiger partial charge is 0.326 e. The van der Waals surface area contributed by atoms with Gasteiger partial charge in [0.25, 0.3) is 0 Å². The molecule has 1 rings (SSSR count). The summed E-state index contributed by atoms with van der Waals surface area (Å²) < 4.78 is 0. The van der Waals surface area contributed by atoms with E-state index in [0.717, 1.165) is 44.3 Å². The summed E-state index contributed by atoms with van der Waals surface area (Å²) in [6, 6.07) is -1.31. The molecule has 0 aromatic heterocycles. The van der Waals surface area contributed by atoms with E-state index < -0.39 is 24.0 Å². The predicted octanol–water partition coefficient (Wildman–Crippen LogP) is 5.87. The van der Waals surface area contributed by atoms with E-state index in [1.54, 1.807) is 16.7 Å². The minimum Gasteiger partial charge on any atom is -0.480 e. The number of rotatable bonds is 20. The van der Waals surface area contributed by atoms with Crippen molar-refractivity contribution in [2.24, 2.45) is 0 Å². The Balaban J connectivity index is 0.000000701. The molecule has 216 valence electrons. The fourth-order valence-corrected chi connectivity index (χ4v) is 4.82. The highest BCUT2D eigenvalue weighted by Gasteiger charge is 2.33. The Labute approximate surface area is 228 Å². The zero-order valence-electron chi connectivity index (χ0n) is 23.5. The van der Waals surface area contributed by atoms with E-state index in [0.29, 0.717) is 32.2 Å². The maximum Gasteiger partial charge on any atom is 0.326 e. The summed E-state index contributed by atoms with van der Waals surface area (Å²) in [5, 5.41) is 20.6. The first-order valence-electron chi connectivity index (χ1n) is 14.3. The average molecular weight is 545 g/mol. The molecule has 37 heavy (non-hydrogen) atoms. The average Bonchev–Trinajstić information content (AvgIpc) is 3.37. The van der Waals surface area contributed by atoms with Crippen LogP contribution in [-0.2, 0) is 19.2 Å². The van der Waals surface area contributed by atoms with Crippen LogP contribution in [0.3, 0.4) is 0 Å². The van der Waals surface area contributed by atoms with Gasteiger partial charge in [-0.25, -0.2) is 9.59 Å². The number of carboxylic acid groups (broad SMARTS) is 2. The lowest BCUT2D eigenvalue weighted by molar-refractivity contribution is -0.148. The van der Waals surface area contributed by atoms with Crippen molar-refractivity contribution in [1.82, 2.24) is 10.2 Å². The molecule has 1 aliphatic rings. The maximum absolute atomic E-state index is 11.9. The molecular weight excluding hydrogens is 492 g/mol. The van der Waals surface area contributed by atoms with E-state index in [2.05, 4.69) is 19.2 Å². The van der Waals surface area contributed by atoms with E-state index >= 15 is 0 Å². The number of amides is 2. The van der Waals surface area contributed by atoms with Crippen LogP contribution >= 0.6 is 11.8 Å². The summed E-state index contributed by atoms with van der Waals surface area (Å²) in [6.07, 6.45) is 18.4. The molecule has 9 heteroatoms. The molecule has 1 fully saturated rings. The summed E-state index contributed by atoms with van der Waals surface area (Å²) in [7, 11) is 0. The lowest BCUT2D eigenvalue weighted by atomic mass is 10.1. The topological polar surface area (TPSA) is 124 Å². The van der Waals surface area contributed by atoms with Gasteiger partial charge in [-0.05, 0) is 44.1 Å². The van der Waals surface area contributed by atoms with Gasteiger partial charge in [0.2, 0.25) is 11.8 Å². The molecule has 2 amide bonds. The van der Waals surface area contributed by atoms with Crippen LogP contribution in [0.5, 0.6) is 0 Å². The molecule has 8 nitrogen and oxygen atoms in total. The molecule has 0 aliphatic carbocycles. The first-order valence-corrected chi connectivity index (χ1v) is 15.7. The zero-order chi connectivity index (χ0) is 27.9. The monoisotopic (exact) mass is 544 g/mol. The Kier molecular flexibility index (Phi) is 22.2. The number of nitrogens with zero attached hydrogens (tertiary/aromatic N) is 1. The van der Waals surface area contributed by atoms with Crippen LogP contribution in [0.25, 0.3) is 0 Å². The number of carbonyl (C=O) groups excluding carboxylic acids is 2. The number of carboxylic acids is 2. The van der Waals surface area contributed by atoms with Crippen LogP contribution in [0.15, 0.2) is 0 Å². The highest BCUT2D eigenvalue weighted by atomic mass is 32.2. The Hall–Kier alpha value is -1.77. The van der Waals surface area contributed by atoms with Crippen LogP contribution in [0.2, 0.25) is 0 Å². The maximum atomic E-state index is 11.9. The number of thioether (sulfide) groups is 1. The molecule has 1 heterocycles. The number of unbranched alkanes of at least 4 members (excludes halogenated alkanes) is 10. The standard InChI is InChI=1S/C14H27NO3S.C14H25NO3/c1-3-4-5-6-7-8-9-13(16)15-12(14(17)18)10-11-19-2;1-2-3-4-5-6-7-10-13(16)15-11-8-9-12(15)14(17)18/h12H,3-11H2,1-2H3,(H,15,16)(H,17,18);12H,2-11H2,1H3,(H,17,18)/t;12-/m.0/s1. The van der Waals surface area contributed by atoms with E-state index in [9.17, 15) is 19.2 Å². The molecule has 1 saturated heterocycles. The Bertz CT molecular complexity index is 646. The van der Waals surface area contributed by atoms with Crippen molar-refractivity contribution in [1.29, 1.82) is 0 Å². The zero-order valence-corrected chi connectivity index (χ0v) is 24.3. The van der Waals surface area contributed by atoms with Crippen molar-refractivity contribution in [3.63, 3.8) is 0 Å². The molecule has 1 unspecified atom stereocenters. The van der Waals surface area contributed by atoms with Gasteiger partial charge in [0, 0.05) is 19.4 Å². The fraction of sp³-hybridized carbons (Fsp3) is 0.857. The van der Waals surface area contributed by atoms with Crippen LogP contribution in [-0.4, -0.2) is 69.5 Å². The third-order valence-corrected chi connectivity index (χ3v) is 7.25. The lowest BCUT2D eigenvalue weighted by Crippen LogP contribution is -2.41. The van der Waals surface area contributed by atoms with Crippen molar-refractivity contribution in [2.45, 2.75) is 135 Å². The van der Waals surface area contributed by atoms with Gasteiger partial charge >= 0.3 is 11.9 Å². The third kappa shape index (κ3) is 18.2. The van der Waals surface area contributed by atoms with Crippen LogP contribution in [0, 0.1) is 0 Å². The van der Waals surface area contributed by atoms with Crippen LogP contribution < -0.4 is 5.32 Å². The molecule has 0 spiro atoms. The Morgan fingerprint density at radius 3 is 1.92 bits per heavy atom. The minimum atomic E-state index is -0.939. The van der Waals surface area contributed by atoms with Crippen molar-refractivity contribution in [2.75, 3.05) is 18.6 Å². The number of hydrogen-bond donors (Lipinski definition) is 3. The molecular formula is C28H52N2O6S. The van der Waals surface area contributed by atoms with Gasteiger partial charge in [-0.2, -0.15) is 11.8 Å². The molecule has 0 bridgehead atoms. The SMILES string of the molecule is CCCCCCCCC(=O)N1CCC[C@H]1C(=O)O.CCCCCCCCC(=O)NC(CCSC)C(=O)O. The van der Waals surface area contributed by atoms with Crippen molar-refractivity contribution in [3.8, 4) is 0 Å². The van der Waals surface area contributed by atoms with E-state index in [1.807, 2.05) is 6.26 Å². The summed E-state index contributed by atoms with van der Waals surface area (Å²) in [5.74, 6) is -1.16. The van der Waals surface area contributed by atoms with Crippen molar-refractivity contribution >= 4 is 35.5 Å². The Morgan fingerprint density at radius 2 is 1.41 bits per heavy atom. The van der Waals surface area contributed by atoms with Crippen molar-refractivity contribution in [3.05, 3.63) is 0 Å². The normalized spacial score (nSPS) is 15.5. The van der Waals surface area contributed by atoms with Gasteiger partial charge in [0.15, 0.2) is 0 Å². The van der Waals surface area contributed by atoms with E-state index in [-0.39, 0.29) is 11.8 Å². The summed E-state index contributed by atoms with van der Waals surface area (Å²) in [4.78, 5) is 47.0. The number of carbonyl (C=O) groups is 4. The first-order chi connectivity index (χ1) is 17.8. The molecule has 0 saturated carbocycles. The lowest BCUT2D eigenvalue weighted by Gasteiger charge is -2.21. The highest BCUT2D eigenvalue weighted by Crippen LogP contribution is 2.19. The highest BCUT2D eigenvalue weighted by molar-refractivity contribution is 7.98. The van der Waals surface area contributed by atoms with Crippen LogP contribution in [0.1, 0.15) is 123 Å². The second kappa shape index (κ2) is 23.4. The van der Waals surface area contributed by atoms with E-state index in [4.69, 9.17) is 10.2 Å². The van der Waals surface area contributed by atoms with Crippen LogP contribution in [0.4, 0.5) is 0 Å².